The van der Waals surface area contributed by atoms with Gasteiger partial charge in [-0.05, 0) is 12.8 Å². The fraction of sp³-hybridized carbons (Fsp3) is 1.00. The first-order chi connectivity index (χ1) is 8.60. The van der Waals surface area contributed by atoms with Gasteiger partial charge in [-0.2, -0.15) is 0 Å². The molecule has 0 aliphatic rings. The molecule has 3 nitrogen and oxygen atoms in total. The molecule has 0 spiro atoms. The quantitative estimate of drug-likeness (QED) is 0.473. The summed E-state index contributed by atoms with van der Waals surface area (Å²) in [5, 5.41) is 29.3. The Balaban J connectivity index is 4.07. The molecule has 0 radical (unpaired) electrons. The Morgan fingerprint density at radius 2 is 1.28 bits per heavy atom. The standard InChI is InChI=1S/C15H32O3/c1-3-5-7-9-11-15(18,14(17)13-16)12-10-8-6-4-2/h14,16-18H,3-13H2,1-2H3. The molecule has 0 aromatic carbocycles. The first-order valence-corrected chi connectivity index (χ1v) is 7.62. The van der Waals surface area contributed by atoms with Crippen LogP contribution in [0.5, 0.6) is 0 Å². The van der Waals surface area contributed by atoms with E-state index in [-0.39, 0.29) is 6.61 Å². The zero-order valence-electron chi connectivity index (χ0n) is 12.2. The predicted molar refractivity (Wildman–Crippen MR) is 75.6 cm³/mol. The molecule has 0 bridgehead atoms. The van der Waals surface area contributed by atoms with E-state index in [1.165, 1.54) is 12.8 Å². The number of hydrogen-bond donors (Lipinski definition) is 3. The number of hydrogen-bond acceptors (Lipinski definition) is 3. The second-order valence-corrected chi connectivity index (χ2v) is 5.42. The van der Waals surface area contributed by atoms with Crippen LogP contribution in [0.1, 0.15) is 78.1 Å². The SMILES string of the molecule is CCCCCCC(O)(CCCCCC)C(O)CO. The zero-order chi connectivity index (χ0) is 13.9. The molecule has 0 saturated carbocycles. The first-order valence-electron chi connectivity index (χ1n) is 7.62. The third kappa shape index (κ3) is 7.34. The van der Waals surface area contributed by atoms with Gasteiger partial charge in [-0.15, -0.1) is 0 Å². The molecule has 3 heteroatoms. The van der Waals surface area contributed by atoms with Crippen LogP contribution < -0.4 is 0 Å². The minimum absolute atomic E-state index is 0.349. The number of rotatable bonds is 12. The molecule has 0 aromatic heterocycles. The minimum Gasteiger partial charge on any atom is -0.394 e. The van der Waals surface area contributed by atoms with E-state index in [4.69, 9.17) is 5.11 Å². The highest BCUT2D eigenvalue weighted by Gasteiger charge is 2.33. The average Bonchev–Trinajstić information content (AvgIpc) is 2.39. The molecule has 0 fully saturated rings. The molecule has 0 aromatic rings. The summed E-state index contributed by atoms with van der Waals surface area (Å²) in [6.45, 7) is 3.96. The van der Waals surface area contributed by atoms with Gasteiger partial charge in [0, 0.05) is 0 Å². The maximum atomic E-state index is 10.5. The number of aliphatic hydroxyl groups is 3. The summed E-state index contributed by atoms with van der Waals surface area (Å²) in [6.07, 6.45) is 8.89. The van der Waals surface area contributed by atoms with Crippen molar-refractivity contribution >= 4 is 0 Å². The van der Waals surface area contributed by atoms with E-state index >= 15 is 0 Å². The Bertz CT molecular complexity index is 171. The van der Waals surface area contributed by atoms with Crippen LogP contribution in [0.3, 0.4) is 0 Å². The maximum absolute atomic E-state index is 10.5. The Labute approximate surface area is 112 Å². The molecule has 0 aliphatic heterocycles. The number of aliphatic hydroxyl groups excluding tert-OH is 2. The van der Waals surface area contributed by atoms with E-state index in [9.17, 15) is 10.2 Å². The van der Waals surface area contributed by atoms with Gasteiger partial charge in [0.2, 0.25) is 0 Å². The van der Waals surface area contributed by atoms with Crippen LogP contribution in [-0.4, -0.2) is 33.6 Å². The Kier molecular flexibility index (Phi) is 10.7. The van der Waals surface area contributed by atoms with Crippen molar-refractivity contribution in [1.82, 2.24) is 0 Å². The van der Waals surface area contributed by atoms with Crippen LogP contribution in [0.4, 0.5) is 0 Å². The zero-order valence-corrected chi connectivity index (χ0v) is 12.2. The molecule has 0 amide bonds. The highest BCUT2D eigenvalue weighted by Crippen LogP contribution is 2.26. The fourth-order valence-electron chi connectivity index (χ4n) is 2.34. The van der Waals surface area contributed by atoms with Crippen molar-refractivity contribution in [3.63, 3.8) is 0 Å². The second kappa shape index (κ2) is 10.8. The van der Waals surface area contributed by atoms with Crippen LogP contribution in [0.15, 0.2) is 0 Å². The lowest BCUT2D eigenvalue weighted by molar-refractivity contribution is -0.106. The molecular formula is C15H32O3. The molecule has 1 unspecified atom stereocenters. The lowest BCUT2D eigenvalue weighted by atomic mass is 9.85. The van der Waals surface area contributed by atoms with Crippen LogP contribution >= 0.6 is 0 Å². The molecule has 1 atom stereocenters. The lowest BCUT2D eigenvalue weighted by Gasteiger charge is -2.32. The molecule has 0 heterocycles. The Morgan fingerprint density at radius 1 is 0.833 bits per heavy atom. The summed E-state index contributed by atoms with van der Waals surface area (Å²) in [4.78, 5) is 0. The minimum atomic E-state index is -1.09. The van der Waals surface area contributed by atoms with Gasteiger partial charge in [0.1, 0.15) is 6.10 Å². The Hall–Kier alpha value is -0.120. The van der Waals surface area contributed by atoms with Crippen molar-refractivity contribution in [2.75, 3.05) is 6.61 Å². The van der Waals surface area contributed by atoms with Crippen LogP contribution in [0, 0.1) is 0 Å². The van der Waals surface area contributed by atoms with Gasteiger partial charge >= 0.3 is 0 Å². The highest BCUT2D eigenvalue weighted by atomic mass is 16.4. The molecule has 0 saturated heterocycles. The monoisotopic (exact) mass is 260 g/mol. The predicted octanol–water partition coefficient (Wildman–Crippen LogP) is 3.01. The third-order valence-corrected chi connectivity index (χ3v) is 3.72. The normalized spacial score (nSPS) is 13.8. The van der Waals surface area contributed by atoms with Crippen molar-refractivity contribution in [3.8, 4) is 0 Å². The summed E-state index contributed by atoms with van der Waals surface area (Å²) in [6, 6.07) is 0. The van der Waals surface area contributed by atoms with Crippen molar-refractivity contribution < 1.29 is 15.3 Å². The van der Waals surface area contributed by atoms with Gasteiger partial charge in [-0.25, -0.2) is 0 Å². The molecular weight excluding hydrogens is 228 g/mol. The van der Waals surface area contributed by atoms with Crippen LogP contribution in [0.25, 0.3) is 0 Å². The van der Waals surface area contributed by atoms with Crippen molar-refractivity contribution in [3.05, 3.63) is 0 Å². The maximum Gasteiger partial charge on any atom is 0.106 e. The summed E-state index contributed by atoms with van der Waals surface area (Å²) in [5.41, 5.74) is -1.09. The smallest absolute Gasteiger partial charge is 0.106 e. The van der Waals surface area contributed by atoms with Gasteiger partial charge in [0.15, 0.2) is 0 Å². The van der Waals surface area contributed by atoms with Crippen molar-refractivity contribution in [2.45, 2.75) is 89.8 Å². The van der Waals surface area contributed by atoms with Gasteiger partial charge in [0.05, 0.1) is 12.2 Å². The van der Waals surface area contributed by atoms with E-state index in [1.807, 2.05) is 0 Å². The van der Waals surface area contributed by atoms with Crippen molar-refractivity contribution in [1.29, 1.82) is 0 Å². The lowest BCUT2D eigenvalue weighted by Crippen LogP contribution is -2.44. The number of unbranched alkanes of at least 4 members (excludes halogenated alkanes) is 6. The topological polar surface area (TPSA) is 60.7 Å². The van der Waals surface area contributed by atoms with Gasteiger partial charge < -0.3 is 15.3 Å². The van der Waals surface area contributed by atoms with E-state index in [0.717, 1.165) is 38.5 Å². The van der Waals surface area contributed by atoms with Gasteiger partial charge in [-0.3, -0.25) is 0 Å². The van der Waals surface area contributed by atoms with Crippen molar-refractivity contribution in [2.24, 2.45) is 0 Å². The third-order valence-electron chi connectivity index (χ3n) is 3.72. The largest absolute Gasteiger partial charge is 0.394 e. The molecule has 110 valence electrons. The summed E-state index contributed by atoms with van der Waals surface area (Å²) in [5.74, 6) is 0. The van der Waals surface area contributed by atoms with Gasteiger partial charge in [0.25, 0.3) is 0 Å². The summed E-state index contributed by atoms with van der Waals surface area (Å²) in [7, 11) is 0. The molecule has 18 heavy (non-hydrogen) atoms. The van der Waals surface area contributed by atoms with E-state index in [0.29, 0.717) is 12.8 Å². The second-order valence-electron chi connectivity index (χ2n) is 5.42. The Morgan fingerprint density at radius 3 is 1.61 bits per heavy atom. The van der Waals surface area contributed by atoms with E-state index in [2.05, 4.69) is 13.8 Å². The average molecular weight is 260 g/mol. The first kappa shape index (κ1) is 17.9. The highest BCUT2D eigenvalue weighted by molar-refractivity contribution is 4.86. The van der Waals surface area contributed by atoms with Gasteiger partial charge in [-0.1, -0.05) is 65.2 Å². The van der Waals surface area contributed by atoms with Crippen LogP contribution in [-0.2, 0) is 0 Å². The summed E-state index contributed by atoms with van der Waals surface area (Å²) >= 11 is 0. The fourth-order valence-corrected chi connectivity index (χ4v) is 2.34. The van der Waals surface area contributed by atoms with E-state index < -0.39 is 11.7 Å². The molecule has 3 N–H and O–H groups in total. The van der Waals surface area contributed by atoms with Crippen LogP contribution in [0.2, 0.25) is 0 Å². The molecule has 0 aliphatic carbocycles. The van der Waals surface area contributed by atoms with E-state index in [1.54, 1.807) is 0 Å². The molecule has 0 rings (SSSR count). The summed E-state index contributed by atoms with van der Waals surface area (Å²) < 4.78 is 0.